The molecule has 1 aliphatic heterocycles. The van der Waals surface area contributed by atoms with Gasteiger partial charge in [0.05, 0.1) is 11.8 Å². The molecule has 5 rings (SSSR count). The lowest BCUT2D eigenvalue weighted by molar-refractivity contribution is -0.130. The molecule has 3 heterocycles. The van der Waals surface area contributed by atoms with Gasteiger partial charge in [0.1, 0.15) is 0 Å². The molecule has 2 aromatic heterocycles. The first-order chi connectivity index (χ1) is 13.3. The Labute approximate surface area is 156 Å². The summed E-state index contributed by atoms with van der Waals surface area (Å²) in [4.78, 5) is 20.2. The van der Waals surface area contributed by atoms with Crippen LogP contribution in [0.2, 0.25) is 0 Å². The summed E-state index contributed by atoms with van der Waals surface area (Å²) < 4.78 is 5.41. The molecule has 6 heteroatoms. The minimum Gasteiger partial charge on any atom is -0.361 e. The number of nitrogens with one attached hydrogen (secondary N) is 1. The van der Waals surface area contributed by atoms with Gasteiger partial charge in [-0.05, 0) is 23.8 Å². The Morgan fingerprint density at radius 3 is 2.59 bits per heavy atom. The quantitative estimate of drug-likeness (QED) is 0.609. The largest absolute Gasteiger partial charge is 0.361 e. The molecule has 1 fully saturated rings. The van der Waals surface area contributed by atoms with E-state index in [-0.39, 0.29) is 5.91 Å². The van der Waals surface area contributed by atoms with Crippen LogP contribution in [0.25, 0.3) is 21.9 Å². The molecule has 0 bridgehead atoms. The van der Waals surface area contributed by atoms with E-state index in [4.69, 9.17) is 4.52 Å². The number of carbonyl (C=O) groups is 1. The highest BCUT2D eigenvalue weighted by atomic mass is 16.5. The van der Waals surface area contributed by atoms with E-state index >= 15 is 0 Å². The Hall–Kier alpha value is -3.28. The van der Waals surface area contributed by atoms with Gasteiger partial charge in [0.25, 0.3) is 0 Å². The maximum atomic E-state index is 12.8. The Morgan fingerprint density at radius 2 is 1.74 bits per heavy atom. The molecular formula is C21H20N4O2. The zero-order valence-electron chi connectivity index (χ0n) is 14.9. The number of benzene rings is 2. The molecule has 1 amide bonds. The lowest BCUT2D eigenvalue weighted by Crippen LogP contribution is -2.49. The van der Waals surface area contributed by atoms with Gasteiger partial charge < -0.3 is 19.3 Å². The second-order valence-corrected chi connectivity index (χ2v) is 6.91. The number of nitrogens with zero attached hydrogens (tertiary/aromatic N) is 3. The molecule has 27 heavy (non-hydrogen) atoms. The number of aromatic nitrogens is 2. The first kappa shape index (κ1) is 15.9. The monoisotopic (exact) mass is 360 g/mol. The summed E-state index contributed by atoms with van der Waals surface area (Å²) in [6.07, 6.45) is 2.37. The number of hydrogen-bond donors (Lipinski definition) is 1. The van der Waals surface area contributed by atoms with Gasteiger partial charge in [-0.1, -0.05) is 35.5 Å². The average molecular weight is 360 g/mol. The van der Waals surface area contributed by atoms with Crippen LogP contribution in [0.5, 0.6) is 0 Å². The predicted octanol–water partition coefficient (Wildman–Crippen LogP) is 3.20. The Balaban J connectivity index is 1.27. The molecule has 0 unspecified atom stereocenters. The maximum absolute atomic E-state index is 12.8. The number of fused-ring (bicyclic) bond motifs is 2. The molecule has 0 atom stereocenters. The van der Waals surface area contributed by atoms with Gasteiger partial charge >= 0.3 is 0 Å². The average Bonchev–Trinajstić information content (AvgIpc) is 3.33. The molecule has 1 saturated heterocycles. The number of rotatable bonds is 3. The van der Waals surface area contributed by atoms with Crippen LogP contribution in [-0.2, 0) is 11.2 Å². The lowest BCUT2D eigenvalue weighted by atomic mass is 10.1. The first-order valence-corrected chi connectivity index (χ1v) is 9.22. The minimum atomic E-state index is 0.171. The topological polar surface area (TPSA) is 65.4 Å². The zero-order chi connectivity index (χ0) is 18.2. The highest BCUT2D eigenvalue weighted by Crippen LogP contribution is 2.26. The Morgan fingerprint density at radius 1 is 1.00 bits per heavy atom. The number of aromatic amines is 1. The number of carbonyl (C=O) groups excluding carboxylic acids is 1. The number of amides is 1. The fourth-order valence-electron chi connectivity index (χ4n) is 3.82. The first-order valence-electron chi connectivity index (χ1n) is 9.22. The third-order valence-electron chi connectivity index (χ3n) is 5.31. The molecule has 4 aromatic rings. The normalized spacial score (nSPS) is 15.0. The smallest absolute Gasteiger partial charge is 0.227 e. The van der Waals surface area contributed by atoms with E-state index in [1.165, 1.54) is 0 Å². The molecule has 0 spiro atoms. The summed E-state index contributed by atoms with van der Waals surface area (Å²) in [5, 5.41) is 6.37. The van der Waals surface area contributed by atoms with E-state index in [0.29, 0.717) is 19.5 Å². The van der Waals surface area contributed by atoms with Crippen molar-refractivity contribution in [2.45, 2.75) is 6.42 Å². The van der Waals surface area contributed by atoms with Crippen LogP contribution in [0.1, 0.15) is 5.56 Å². The fourth-order valence-corrected chi connectivity index (χ4v) is 3.82. The molecular weight excluding hydrogens is 340 g/mol. The van der Waals surface area contributed by atoms with Crippen LogP contribution in [0.3, 0.4) is 0 Å². The number of hydrogen-bond acceptors (Lipinski definition) is 4. The van der Waals surface area contributed by atoms with E-state index in [0.717, 1.165) is 46.3 Å². The van der Waals surface area contributed by atoms with Gasteiger partial charge in [-0.3, -0.25) is 4.79 Å². The molecule has 136 valence electrons. The Kier molecular flexibility index (Phi) is 3.81. The van der Waals surface area contributed by atoms with E-state index in [2.05, 4.69) is 21.1 Å². The van der Waals surface area contributed by atoms with E-state index in [9.17, 15) is 4.79 Å². The van der Waals surface area contributed by atoms with Crippen molar-refractivity contribution in [3.8, 4) is 0 Å². The minimum absolute atomic E-state index is 0.171. The van der Waals surface area contributed by atoms with Crippen LogP contribution in [0.4, 0.5) is 5.82 Å². The standard InChI is InChI=1S/C21H20N4O2/c26-20(13-15-14-22-18-7-3-1-5-16(15)18)24-9-11-25(12-10-24)21-17-6-2-4-8-19(17)27-23-21/h1-8,14,22H,9-13H2. The fraction of sp³-hybridized carbons (Fsp3) is 0.238. The van der Waals surface area contributed by atoms with Gasteiger partial charge in [0, 0.05) is 43.3 Å². The summed E-state index contributed by atoms with van der Waals surface area (Å²) in [5.74, 6) is 1.04. The van der Waals surface area contributed by atoms with E-state index in [1.54, 1.807) is 0 Å². The van der Waals surface area contributed by atoms with Crippen molar-refractivity contribution in [3.05, 3.63) is 60.3 Å². The summed E-state index contributed by atoms with van der Waals surface area (Å²) >= 11 is 0. The van der Waals surface area contributed by atoms with Gasteiger partial charge in [0.2, 0.25) is 5.91 Å². The van der Waals surface area contributed by atoms with Crippen molar-refractivity contribution in [1.82, 2.24) is 15.0 Å². The molecule has 2 aromatic carbocycles. The maximum Gasteiger partial charge on any atom is 0.227 e. The summed E-state index contributed by atoms with van der Waals surface area (Å²) in [6, 6.07) is 16.0. The van der Waals surface area contributed by atoms with Gasteiger partial charge in [-0.2, -0.15) is 0 Å². The van der Waals surface area contributed by atoms with E-state index < -0.39 is 0 Å². The van der Waals surface area contributed by atoms with Crippen molar-refractivity contribution in [2.24, 2.45) is 0 Å². The molecule has 0 radical (unpaired) electrons. The van der Waals surface area contributed by atoms with Crippen molar-refractivity contribution >= 4 is 33.6 Å². The molecule has 1 N–H and O–H groups in total. The number of piperazine rings is 1. The van der Waals surface area contributed by atoms with Crippen molar-refractivity contribution in [1.29, 1.82) is 0 Å². The van der Waals surface area contributed by atoms with Crippen molar-refractivity contribution in [3.63, 3.8) is 0 Å². The summed E-state index contributed by atoms with van der Waals surface area (Å²) in [7, 11) is 0. The van der Waals surface area contributed by atoms with Crippen molar-refractivity contribution in [2.75, 3.05) is 31.1 Å². The zero-order valence-corrected chi connectivity index (χ0v) is 14.9. The van der Waals surface area contributed by atoms with E-state index in [1.807, 2.05) is 53.6 Å². The van der Waals surface area contributed by atoms with Crippen LogP contribution in [-0.4, -0.2) is 47.1 Å². The van der Waals surface area contributed by atoms with Crippen LogP contribution >= 0.6 is 0 Å². The Bertz CT molecular complexity index is 1110. The highest BCUT2D eigenvalue weighted by Gasteiger charge is 2.24. The van der Waals surface area contributed by atoms with Crippen molar-refractivity contribution < 1.29 is 9.32 Å². The van der Waals surface area contributed by atoms with Crippen LogP contribution in [0.15, 0.2) is 59.3 Å². The third kappa shape index (κ3) is 2.83. The van der Waals surface area contributed by atoms with Gasteiger partial charge in [-0.25, -0.2) is 0 Å². The van der Waals surface area contributed by atoms with Gasteiger partial charge in [-0.15, -0.1) is 0 Å². The third-order valence-corrected chi connectivity index (χ3v) is 5.31. The summed E-state index contributed by atoms with van der Waals surface area (Å²) in [5.41, 5.74) is 2.92. The van der Waals surface area contributed by atoms with Crippen LogP contribution < -0.4 is 4.90 Å². The van der Waals surface area contributed by atoms with Crippen LogP contribution in [0, 0.1) is 0 Å². The summed E-state index contributed by atoms with van der Waals surface area (Å²) in [6.45, 7) is 2.91. The molecule has 0 saturated carbocycles. The molecule has 0 aliphatic carbocycles. The number of H-pyrrole nitrogens is 1. The number of para-hydroxylation sites is 2. The molecule has 6 nitrogen and oxygen atoms in total. The highest BCUT2D eigenvalue weighted by molar-refractivity contribution is 5.90. The second-order valence-electron chi connectivity index (χ2n) is 6.91. The second kappa shape index (κ2) is 6.46. The predicted molar refractivity (Wildman–Crippen MR) is 105 cm³/mol. The lowest BCUT2D eigenvalue weighted by Gasteiger charge is -2.34. The molecule has 1 aliphatic rings. The SMILES string of the molecule is O=C(Cc1c[nH]c2ccccc12)N1CCN(c2noc3ccccc23)CC1. The van der Waals surface area contributed by atoms with Gasteiger partial charge in [0.15, 0.2) is 11.4 Å². The number of anilines is 1.